The average Bonchev–Trinajstić information content (AvgIpc) is 3.09. The Morgan fingerprint density at radius 3 is 1.66 bits per heavy atom. The van der Waals surface area contributed by atoms with Gasteiger partial charge in [0.25, 0.3) is 0 Å². The molecule has 0 aromatic heterocycles. The number of unbranched alkanes of at least 4 members (excludes halogenated alkanes) is 12. The lowest BCUT2D eigenvalue weighted by molar-refractivity contribution is -0.131. The van der Waals surface area contributed by atoms with Gasteiger partial charge in [-0.2, -0.15) is 0 Å². The van der Waals surface area contributed by atoms with Crippen LogP contribution in [0.15, 0.2) is 60.7 Å². The summed E-state index contributed by atoms with van der Waals surface area (Å²) < 4.78 is 0. The summed E-state index contributed by atoms with van der Waals surface area (Å²) in [6.07, 6.45) is 20.2. The third-order valence-electron chi connectivity index (χ3n) is 8.80. The minimum Gasteiger partial charge on any atom is -0.356 e. The number of hydrogen-bond acceptors (Lipinski definition) is 4. The van der Waals surface area contributed by atoms with Crippen LogP contribution in [0.25, 0.3) is 0 Å². The van der Waals surface area contributed by atoms with Crippen LogP contribution in [0, 0.1) is 0 Å². The summed E-state index contributed by atoms with van der Waals surface area (Å²) in [7, 11) is 0. The Morgan fingerprint density at radius 2 is 1.11 bits per heavy atom. The molecule has 47 heavy (non-hydrogen) atoms. The van der Waals surface area contributed by atoms with Gasteiger partial charge in [-0.1, -0.05) is 145 Å². The van der Waals surface area contributed by atoms with Gasteiger partial charge >= 0.3 is 0 Å². The lowest BCUT2D eigenvalue weighted by Crippen LogP contribution is -2.43. The summed E-state index contributed by atoms with van der Waals surface area (Å²) in [5, 5.41) is 5.95. The van der Waals surface area contributed by atoms with Crippen LogP contribution in [0.3, 0.4) is 0 Å². The Balaban J connectivity index is 1.66. The highest BCUT2D eigenvalue weighted by Gasteiger charge is 2.16. The fourth-order valence-corrected chi connectivity index (χ4v) is 5.88. The van der Waals surface area contributed by atoms with Crippen LogP contribution in [0.4, 0.5) is 0 Å². The van der Waals surface area contributed by atoms with E-state index < -0.39 is 6.04 Å². The van der Waals surface area contributed by atoms with Crippen molar-refractivity contribution in [3.8, 4) is 0 Å². The Bertz CT molecular complexity index is 1080. The van der Waals surface area contributed by atoms with Crippen LogP contribution >= 0.6 is 0 Å². The molecule has 2 aromatic rings. The van der Waals surface area contributed by atoms with E-state index >= 15 is 0 Å². The van der Waals surface area contributed by atoms with Gasteiger partial charge in [0.05, 0.1) is 6.04 Å². The topological polar surface area (TPSA) is 105 Å². The molecule has 2 aromatic carbocycles. The highest BCUT2D eigenvalue weighted by Crippen LogP contribution is 2.14. The van der Waals surface area contributed by atoms with E-state index in [1.165, 1.54) is 70.6 Å². The van der Waals surface area contributed by atoms with Gasteiger partial charge in [0, 0.05) is 39.0 Å². The Morgan fingerprint density at radius 1 is 0.617 bits per heavy atom. The van der Waals surface area contributed by atoms with Crippen LogP contribution < -0.4 is 16.4 Å². The van der Waals surface area contributed by atoms with E-state index in [9.17, 15) is 14.4 Å². The van der Waals surface area contributed by atoms with Gasteiger partial charge in [-0.15, -0.1) is 0 Å². The van der Waals surface area contributed by atoms with Gasteiger partial charge in [0.1, 0.15) is 0 Å². The standard InChI is InChI=1S/C40H64N4O3/c1-2-3-4-5-6-7-8-9-10-11-12-13-20-27-39(46)44(32-21-30-42-38(45)29-28-35-23-16-14-17-24-35)33-22-31-43-40(47)37(41)34-36-25-18-15-19-26-36/h14-19,23-26,37H,2-13,20-22,27-34,41H2,1H3,(H,42,45)(H,43,47)/t37-/m0/s1. The second kappa shape index (κ2) is 26.8. The molecule has 0 aliphatic carbocycles. The minimum atomic E-state index is -0.601. The smallest absolute Gasteiger partial charge is 0.237 e. The fraction of sp³-hybridized carbons (Fsp3) is 0.625. The molecule has 0 fully saturated rings. The molecule has 0 heterocycles. The summed E-state index contributed by atoms with van der Waals surface area (Å²) in [6.45, 7) is 4.45. The number of amides is 3. The zero-order valence-corrected chi connectivity index (χ0v) is 29.4. The number of benzene rings is 2. The molecule has 7 heteroatoms. The molecule has 0 bridgehead atoms. The largest absolute Gasteiger partial charge is 0.356 e. The predicted octanol–water partition coefficient (Wildman–Crippen LogP) is 7.51. The van der Waals surface area contributed by atoms with Crippen LogP contribution in [-0.2, 0) is 27.2 Å². The molecule has 2 rings (SSSR count). The normalized spacial score (nSPS) is 11.6. The quantitative estimate of drug-likeness (QED) is 0.0831. The third-order valence-corrected chi connectivity index (χ3v) is 8.80. The molecule has 7 nitrogen and oxygen atoms in total. The molecule has 4 N–H and O–H groups in total. The molecule has 0 aliphatic heterocycles. The van der Waals surface area contributed by atoms with Crippen molar-refractivity contribution < 1.29 is 14.4 Å². The molecule has 0 saturated heterocycles. The van der Waals surface area contributed by atoms with Crippen molar-refractivity contribution in [3.05, 3.63) is 71.8 Å². The predicted molar refractivity (Wildman–Crippen MR) is 195 cm³/mol. The maximum Gasteiger partial charge on any atom is 0.237 e. The summed E-state index contributed by atoms with van der Waals surface area (Å²) in [4.78, 5) is 40.0. The zero-order valence-electron chi connectivity index (χ0n) is 29.4. The van der Waals surface area contributed by atoms with Gasteiger partial charge in [-0.25, -0.2) is 0 Å². The lowest BCUT2D eigenvalue weighted by Gasteiger charge is -2.23. The molecule has 262 valence electrons. The van der Waals surface area contributed by atoms with Crippen LogP contribution in [0.5, 0.6) is 0 Å². The van der Waals surface area contributed by atoms with Crippen molar-refractivity contribution in [1.29, 1.82) is 0 Å². The number of aryl methyl sites for hydroxylation is 1. The molecule has 0 unspecified atom stereocenters. The van der Waals surface area contributed by atoms with Gasteiger partial charge in [0.15, 0.2) is 0 Å². The average molecular weight is 649 g/mol. The number of rotatable bonds is 28. The molecule has 0 aliphatic rings. The summed E-state index contributed by atoms with van der Waals surface area (Å²) in [5.74, 6) is 0.0285. The van der Waals surface area contributed by atoms with E-state index in [2.05, 4.69) is 17.6 Å². The number of carbonyl (C=O) groups excluding carboxylic acids is 3. The first-order chi connectivity index (χ1) is 23.0. The molecule has 1 atom stereocenters. The highest BCUT2D eigenvalue weighted by molar-refractivity contribution is 5.81. The lowest BCUT2D eigenvalue weighted by atomic mass is 10.0. The van der Waals surface area contributed by atoms with E-state index in [1.54, 1.807) is 0 Å². The Kier molecular flexibility index (Phi) is 22.8. The third kappa shape index (κ3) is 20.6. The Hall–Kier alpha value is -3.19. The van der Waals surface area contributed by atoms with Gasteiger partial charge in [0.2, 0.25) is 17.7 Å². The van der Waals surface area contributed by atoms with Crippen molar-refractivity contribution in [1.82, 2.24) is 15.5 Å². The van der Waals surface area contributed by atoms with Crippen LogP contribution in [0.1, 0.15) is 127 Å². The number of hydrogen-bond donors (Lipinski definition) is 3. The van der Waals surface area contributed by atoms with Crippen LogP contribution in [-0.4, -0.2) is 54.8 Å². The first-order valence-electron chi connectivity index (χ1n) is 18.6. The van der Waals surface area contributed by atoms with E-state index in [-0.39, 0.29) is 17.7 Å². The SMILES string of the molecule is CCCCCCCCCCCCCCCC(=O)N(CCCNC(=O)CCc1ccccc1)CCCNC(=O)[C@@H](N)Cc1ccccc1. The van der Waals surface area contributed by atoms with Gasteiger partial charge in [-0.3, -0.25) is 14.4 Å². The molecule has 3 amide bonds. The zero-order chi connectivity index (χ0) is 33.8. The van der Waals surface area contributed by atoms with Crippen molar-refractivity contribution in [3.63, 3.8) is 0 Å². The maximum absolute atomic E-state index is 13.2. The number of carbonyl (C=O) groups is 3. The molecule has 0 radical (unpaired) electrons. The monoisotopic (exact) mass is 648 g/mol. The number of nitrogens with two attached hydrogens (primary N) is 1. The Labute approximate surface area is 285 Å². The van der Waals surface area contributed by atoms with E-state index in [1.807, 2.05) is 65.6 Å². The number of nitrogens with zero attached hydrogens (tertiary/aromatic N) is 1. The van der Waals surface area contributed by atoms with Crippen molar-refractivity contribution in [2.24, 2.45) is 5.73 Å². The van der Waals surface area contributed by atoms with Crippen LogP contribution in [0.2, 0.25) is 0 Å². The second-order valence-corrected chi connectivity index (χ2v) is 13.0. The van der Waals surface area contributed by atoms with E-state index in [0.29, 0.717) is 58.3 Å². The molecule has 0 saturated carbocycles. The first-order valence-corrected chi connectivity index (χ1v) is 18.6. The summed E-state index contributed by atoms with van der Waals surface area (Å²) in [6, 6.07) is 19.2. The van der Waals surface area contributed by atoms with E-state index in [4.69, 9.17) is 5.73 Å². The fourth-order valence-electron chi connectivity index (χ4n) is 5.88. The van der Waals surface area contributed by atoms with Crippen molar-refractivity contribution in [2.75, 3.05) is 26.2 Å². The molecular formula is C40H64N4O3. The molecule has 0 spiro atoms. The first kappa shape index (κ1) is 40.0. The van der Waals surface area contributed by atoms with E-state index in [0.717, 1.165) is 30.4 Å². The summed E-state index contributed by atoms with van der Waals surface area (Å²) in [5.41, 5.74) is 8.32. The maximum atomic E-state index is 13.2. The highest BCUT2D eigenvalue weighted by atomic mass is 16.2. The number of nitrogens with one attached hydrogen (secondary N) is 2. The molecular weight excluding hydrogens is 584 g/mol. The second-order valence-electron chi connectivity index (χ2n) is 13.0. The van der Waals surface area contributed by atoms with Crippen molar-refractivity contribution >= 4 is 17.7 Å². The van der Waals surface area contributed by atoms with Crippen molar-refractivity contribution in [2.45, 2.75) is 135 Å². The minimum absolute atomic E-state index is 0.0354. The summed E-state index contributed by atoms with van der Waals surface area (Å²) >= 11 is 0. The van der Waals surface area contributed by atoms with Gasteiger partial charge in [-0.05, 0) is 43.2 Å². The van der Waals surface area contributed by atoms with Gasteiger partial charge < -0.3 is 21.3 Å².